The van der Waals surface area contributed by atoms with Gasteiger partial charge >= 0.3 is 0 Å². The number of aryl methyl sites for hydroxylation is 1. The summed E-state index contributed by atoms with van der Waals surface area (Å²) in [7, 11) is 3.69. The summed E-state index contributed by atoms with van der Waals surface area (Å²) in [4.78, 5) is 0. The van der Waals surface area contributed by atoms with Crippen molar-refractivity contribution in [3.8, 4) is 11.5 Å². The Hall–Kier alpha value is -1.22. The van der Waals surface area contributed by atoms with Gasteiger partial charge in [-0.3, -0.25) is 0 Å². The Bertz CT molecular complexity index is 376. The molecule has 0 aromatic heterocycles. The predicted molar refractivity (Wildman–Crippen MR) is 64.3 cm³/mol. The third kappa shape index (κ3) is 1.87. The summed E-state index contributed by atoms with van der Waals surface area (Å²) in [5, 5.41) is 3.33. The fourth-order valence-corrected chi connectivity index (χ4v) is 2.19. The van der Waals surface area contributed by atoms with Gasteiger partial charge in [0.1, 0.15) is 0 Å². The first kappa shape index (κ1) is 11.3. The van der Waals surface area contributed by atoms with E-state index in [0.717, 1.165) is 30.9 Å². The van der Waals surface area contributed by atoms with E-state index in [4.69, 9.17) is 9.47 Å². The van der Waals surface area contributed by atoms with Crippen LogP contribution in [-0.4, -0.2) is 20.8 Å². The Labute approximate surface area is 96.8 Å². The van der Waals surface area contributed by atoms with Crippen LogP contribution in [0, 0.1) is 0 Å². The van der Waals surface area contributed by atoms with Crippen LogP contribution in [0.1, 0.15) is 30.5 Å². The van der Waals surface area contributed by atoms with Crippen molar-refractivity contribution >= 4 is 0 Å². The first-order chi connectivity index (χ1) is 7.80. The lowest BCUT2D eigenvalue weighted by Gasteiger charge is -2.27. The molecule has 1 atom stereocenters. The van der Waals surface area contributed by atoms with E-state index in [-0.39, 0.29) is 0 Å². The number of ether oxygens (including phenoxy) is 2. The maximum Gasteiger partial charge on any atom is 0.165 e. The first-order valence-electron chi connectivity index (χ1n) is 5.81. The minimum atomic E-state index is 0.379. The van der Waals surface area contributed by atoms with E-state index >= 15 is 0 Å². The SMILES string of the molecule is CCc1cc(OC)c2c(c1)C(NC)CCO2. The maximum absolute atomic E-state index is 5.71. The average molecular weight is 221 g/mol. The lowest BCUT2D eigenvalue weighted by Crippen LogP contribution is -2.24. The Morgan fingerprint density at radius 2 is 2.31 bits per heavy atom. The Balaban J connectivity index is 2.50. The van der Waals surface area contributed by atoms with E-state index in [9.17, 15) is 0 Å². The second-order valence-corrected chi connectivity index (χ2v) is 4.05. The van der Waals surface area contributed by atoms with E-state index in [2.05, 4.69) is 24.4 Å². The van der Waals surface area contributed by atoms with Gasteiger partial charge in [-0.25, -0.2) is 0 Å². The lowest BCUT2D eigenvalue weighted by atomic mass is 9.97. The molecule has 16 heavy (non-hydrogen) atoms. The molecule has 88 valence electrons. The molecule has 0 radical (unpaired) electrons. The molecule has 0 saturated heterocycles. The van der Waals surface area contributed by atoms with Crippen molar-refractivity contribution < 1.29 is 9.47 Å². The molecule has 3 nitrogen and oxygen atoms in total. The zero-order valence-corrected chi connectivity index (χ0v) is 10.2. The van der Waals surface area contributed by atoms with Crippen LogP contribution in [0.2, 0.25) is 0 Å². The van der Waals surface area contributed by atoms with Gasteiger partial charge in [0.25, 0.3) is 0 Å². The minimum absolute atomic E-state index is 0.379. The van der Waals surface area contributed by atoms with E-state index < -0.39 is 0 Å². The smallest absolute Gasteiger partial charge is 0.165 e. The largest absolute Gasteiger partial charge is 0.493 e. The molecule has 1 aliphatic rings. The minimum Gasteiger partial charge on any atom is -0.493 e. The molecule has 1 N–H and O–H groups in total. The zero-order chi connectivity index (χ0) is 11.5. The fraction of sp³-hybridized carbons (Fsp3) is 0.538. The highest BCUT2D eigenvalue weighted by Gasteiger charge is 2.23. The van der Waals surface area contributed by atoms with Crippen LogP contribution in [0.3, 0.4) is 0 Å². The van der Waals surface area contributed by atoms with Crippen LogP contribution in [0.25, 0.3) is 0 Å². The number of nitrogens with one attached hydrogen (secondary N) is 1. The molecule has 1 aromatic rings. The second-order valence-electron chi connectivity index (χ2n) is 4.05. The lowest BCUT2D eigenvalue weighted by molar-refractivity contribution is 0.243. The van der Waals surface area contributed by atoms with Gasteiger partial charge in [-0.1, -0.05) is 13.0 Å². The first-order valence-corrected chi connectivity index (χ1v) is 5.81. The Morgan fingerprint density at radius 1 is 1.50 bits per heavy atom. The molecule has 2 rings (SSSR count). The van der Waals surface area contributed by atoms with Gasteiger partial charge in [-0.2, -0.15) is 0 Å². The molecule has 0 amide bonds. The van der Waals surface area contributed by atoms with Crippen molar-refractivity contribution in [3.63, 3.8) is 0 Å². The molecule has 1 unspecified atom stereocenters. The van der Waals surface area contributed by atoms with Crippen molar-refractivity contribution in [1.82, 2.24) is 5.32 Å². The Kier molecular flexibility index (Phi) is 3.34. The highest BCUT2D eigenvalue weighted by atomic mass is 16.5. The topological polar surface area (TPSA) is 30.5 Å². The van der Waals surface area contributed by atoms with Crippen molar-refractivity contribution in [2.75, 3.05) is 20.8 Å². The summed E-state index contributed by atoms with van der Waals surface area (Å²) in [5.74, 6) is 1.76. The third-order valence-corrected chi connectivity index (χ3v) is 3.15. The highest BCUT2D eigenvalue weighted by molar-refractivity contribution is 5.51. The molecule has 1 heterocycles. The van der Waals surface area contributed by atoms with E-state index in [1.54, 1.807) is 7.11 Å². The van der Waals surface area contributed by atoms with Crippen molar-refractivity contribution in [1.29, 1.82) is 0 Å². The third-order valence-electron chi connectivity index (χ3n) is 3.15. The fourth-order valence-electron chi connectivity index (χ4n) is 2.19. The number of benzene rings is 1. The summed E-state index contributed by atoms with van der Waals surface area (Å²) < 4.78 is 11.1. The number of rotatable bonds is 3. The molecular weight excluding hydrogens is 202 g/mol. The molecule has 1 aromatic carbocycles. The molecule has 0 fully saturated rings. The van der Waals surface area contributed by atoms with Gasteiger partial charge in [0.05, 0.1) is 13.7 Å². The zero-order valence-electron chi connectivity index (χ0n) is 10.2. The van der Waals surface area contributed by atoms with Crippen molar-refractivity contribution in [2.24, 2.45) is 0 Å². The van der Waals surface area contributed by atoms with Gasteiger partial charge < -0.3 is 14.8 Å². The molecule has 0 bridgehead atoms. The van der Waals surface area contributed by atoms with Crippen molar-refractivity contribution in [3.05, 3.63) is 23.3 Å². The standard InChI is InChI=1S/C13H19NO2/c1-4-9-7-10-11(14-2)5-6-16-13(10)12(8-9)15-3/h7-8,11,14H,4-6H2,1-3H3. The number of hydrogen-bond donors (Lipinski definition) is 1. The van der Waals surface area contributed by atoms with Gasteiger partial charge in [0.15, 0.2) is 11.5 Å². The van der Waals surface area contributed by atoms with Crippen LogP contribution in [0.4, 0.5) is 0 Å². The average Bonchev–Trinajstić information content (AvgIpc) is 2.36. The summed E-state index contributed by atoms with van der Waals surface area (Å²) in [6.45, 7) is 2.90. The summed E-state index contributed by atoms with van der Waals surface area (Å²) in [5.41, 5.74) is 2.52. The van der Waals surface area contributed by atoms with Crippen LogP contribution >= 0.6 is 0 Å². The predicted octanol–water partition coefficient (Wildman–Crippen LogP) is 2.30. The summed E-state index contributed by atoms with van der Waals surface area (Å²) in [6.07, 6.45) is 2.03. The number of methoxy groups -OCH3 is 1. The molecular formula is C13H19NO2. The van der Waals surface area contributed by atoms with Gasteiger partial charge in [-0.15, -0.1) is 0 Å². The van der Waals surface area contributed by atoms with E-state index in [1.165, 1.54) is 11.1 Å². The number of fused-ring (bicyclic) bond motifs is 1. The van der Waals surface area contributed by atoms with Gasteiger partial charge in [0, 0.05) is 18.0 Å². The van der Waals surface area contributed by atoms with Crippen molar-refractivity contribution in [2.45, 2.75) is 25.8 Å². The summed E-state index contributed by atoms with van der Waals surface area (Å²) in [6, 6.07) is 4.67. The molecule has 3 heteroatoms. The van der Waals surface area contributed by atoms with E-state index in [1.807, 2.05) is 7.05 Å². The Morgan fingerprint density at radius 3 is 2.94 bits per heavy atom. The van der Waals surface area contributed by atoms with E-state index in [0.29, 0.717) is 6.04 Å². The number of hydrogen-bond acceptors (Lipinski definition) is 3. The highest BCUT2D eigenvalue weighted by Crippen LogP contribution is 2.40. The summed E-state index contributed by atoms with van der Waals surface area (Å²) >= 11 is 0. The maximum atomic E-state index is 5.71. The normalized spacial score (nSPS) is 18.8. The van der Waals surface area contributed by atoms with Crippen LogP contribution < -0.4 is 14.8 Å². The van der Waals surface area contributed by atoms with Crippen LogP contribution in [0.5, 0.6) is 11.5 Å². The molecule has 0 saturated carbocycles. The monoisotopic (exact) mass is 221 g/mol. The molecule has 1 aliphatic heterocycles. The van der Waals surface area contributed by atoms with Gasteiger partial charge in [-0.05, 0) is 25.1 Å². The molecule has 0 aliphatic carbocycles. The second kappa shape index (κ2) is 4.74. The van der Waals surface area contributed by atoms with Crippen LogP contribution in [-0.2, 0) is 6.42 Å². The van der Waals surface area contributed by atoms with Gasteiger partial charge in [0.2, 0.25) is 0 Å². The molecule has 0 spiro atoms. The quantitative estimate of drug-likeness (QED) is 0.849. The van der Waals surface area contributed by atoms with Crippen LogP contribution in [0.15, 0.2) is 12.1 Å².